The second kappa shape index (κ2) is 2.96. The summed E-state index contributed by atoms with van der Waals surface area (Å²) in [6.07, 6.45) is 2.02. The Labute approximate surface area is 61.8 Å². The molecule has 0 fully saturated rings. The lowest BCUT2D eigenvalue weighted by Gasteiger charge is -1.90. The second-order valence-electron chi connectivity index (χ2n) is 1.95. The molecule has 58 valence electrons. The van der Waals surface area contributed by atoms with Gasteiger partial charge in [0.25, 0.3) is 0 Å². The average Bonchev–Trinajstić information content (AvgIpc) is 1.98. The molecule has 1 aromatic rings. The Morgan fingerprint density at radius 1 is 1.45 bits per heavy atom. The standard InChI is InChI=1S/C6H7N3O2/c1-2-3-4-7-5(10)6(11)9-8-4/h2H,1,3H2,(H,9,11)(H,7,8,10). The highest BCUT2D eigenvalue weighted by Gasteiger charge is 1.94. The molecule has 0 bridgehead atoms. The van der Waals surface area contributed by atoms with Crippen molar-refractivity contribution in [3.05, 3.63) is 39.2 Å². The summed E-state index contributed by atoms with van der Waals surface area (Å²) in [5.41, 5.74) is -1.42. The van der Waals surface area contributed by atoms with Crippen molar-refractivity contribution < 1.29 is 0 Å². The van der Waals surface area contributed by atoms with Gasteiger partial charge in [0, 0.05) is 6.42 Å². The van der Waals surface area contributed by atoms with E-state index in [1.165, 1.54) is 0 Å². The molecule has 1 rings (SSSR count). The molecular formula is C6H7N3O2. The smallest absolute Gasteiger partial charge is 0.304 e. The van der Waals surface area contributed by atoms with E-state index in [4.69, 9.17) is 0 Å². The number of nitrogens with zero attached hydrogens (tertiary/aromatic N) is 1. The van der Waals surface area contributed by atoms with Crippen molar-refractivity contribution in [2.24, 2.45) is 0 Å². The number of rotatable bonds is 2. The van der Waals surface area contributed by atoms with Gasteiger partial charge < -0.3 is 4.98 Å². The van der Waals surface area contributed by atoms with Gasteiger partial charge in [-0.2, -0.15) is 5.10 Å². The van der Waals surface area contributed by atoms with Crippen LogP contribution in [0.15, 0.2) is 22.2 Å². The van der Waals surface area contributed by atoms with Crippen LogP contribution in [-0.4, -0.2) is 15.2 Å². The molecule has 1 heterocycles. The molecule has 0 saturated carbocycles. The maximum atomic E-state index is 10.6. The van der Waals surface area contributed by atoms with Gasteiger partial charge in [0.15, 0.2) is 0 Å². The van der Waals surface area contributed by atoms with Gasteiger partial charge in [-0.3, -0.25) is 9.59 Å². The number of aromatic amines is 2. The molecule has 0 aromatic carbocycles. The fourth-order valence-corrected chi connectivity index (χ4v) is 0.618. The molecular weight excluding hydrogens is 146 g/mol. The van der Waals surface area contributed by atoms with Gasteiger partial charge in [-0.25, -0.2) is 5.10 Å². The monoisotopic (exact) mass is 153 g/mol. The summed E-state index contributed by atoms with van der Waals surface area (Å²) in [6.45, 7) is 3.45. The van der Waals surface area contributed by atoms with Crippen LogP contribution in [-0.2, 0) is 6.42 Å². The van der Waals surface area contributed by atoms with E-state index in [9.17, 15) is 9.59 Å². The number of hydrogen-bond donors (Lipinski definition) is 2. The Morgan fingerprint density at radius 3 is 2.73 bits per heavy atom. The Morgan fingerprint density at radius 2 is 2.18 bits per heavy atom. The number of aromatic nitrogens is 3. The first-order chi connectivity index (χ1) is 5.24. The third-order valence-corrected chi connectivity index (χ3v) is 1.09. The van der Waals surface area contributed by atoms with E-state index in [1.807, 2.05) is 0 Å². The number of hydrogen-bond acceptors (Lipinski definition) is 3. The molecule has 0 spiro atoms. The lowest BCUT2D eigenvalue weighted by atomic mass is 10.4. The molecule has 2 N–H and O–H groups in total. The largest absolute Gasteiger partial charge is 0.329 e. The van der Waals surface area contributed by atoms with Crippen molar-refractivity contribution in [2.75, 3.05) is 0 Å². The van der Waals surface area contributed by atoms with Crippen LogP contribution in [0.2, 0.25) is 0 Å². The fraction of sp³-hybridized carbons (Fsp3) is 0.167. The molecule has 0 aliphatic rings. The van der Waals surface area contributed by atoms with Crippen molar-refractivity contribution in [1.29, 1.82) is 0 Å². The highest BCUT2D eigenvalue weighted by atomic mass is 16.2. The SMILES string of the molecule is C=CCc1n[nH]c(=O)c(=O)[nH]1. The zero-order valence-electron chi connectivity index (χ0n) is 5.76. The zero-order chi connectivity index (χ0) is 8.27. The summed E-state index contributed by atoms with van der Waals surface area (Å²) in [5, 5.41) is 5.62. The molecule has 0 aliphatic carbocycles. The lowest BCUT2D eigenvalue weighted by Crippen LogP contribution is -2.31. The van der Waals surface area contributed by atoms with Gasteiger partial charge >= 0.3 is 11.1 Å². The van der Waals surface area contributed by atoms with Crippen LogP contribution in [0.25, 0.3) is 0 Å². The number of allylic oxidation sites excluding steroid dienone is 1. The highest BCUT2D eigenvalue weighted by molar-refractivity contribution is 4.89. The van der Waals surface area contributed by atoms with Crippen LogP contribution in [0.5, 0.6) is 0 Å². The summed E-state index contributed by atoms with van der Waals surface area (Å²) in [4.78, 5) is 23.4. The molecule has 11 heavy (non-hydrogen) atoms. The van der Waals surface area contributed by atoms with Gasteiger partial charge in [0.05, 0.1) is 0 Å². The Bertz CT molecular complexity index is 363. The Hall–Kier alpha value is -1.65. The summed E-state index contributed by atoms with van der Waals surface area (Å²) < 4.78 is 0. The van der Waals surface area contributed by atoms with E-state index in [0.29, 0.717) is 12.2 Å². The molecule has 0 saturated heterocycles. The molecule has 5 nitrogen and oxygen atoms in total. The first-order valence-corrected chi connectivity index (χ1v) is 3.03. The molecule has 5 heteroatoms. The summed E-state index contributed by atoms with van der Waals surface area (Å²) in [7, 11) is 0. The molecule has 0 amide bonds. The van der Waals surface area contributed by atoms with E-state index < -0.39 is 11.1 Å². The van der Waals surface area contributed by atoms with Crippen molar-refractivity contribution in [1.82, 2.24) is 15.2 Å². The predicted molar refractivity (Wildman–Crippen MR) is 39.4 cm³/mol. The third kappa shape index (κ3) is 1.64. The van der Waals surface area contributed by atoms with Gasteiger partial charge in [0.1, 0.15) is 5.82 Å². The third-order valence-electron chi connectivity index (χ3n) is 1.09. The van der Waals surface area contributed by atoms with Crippen LogP contribution in [0.4, 0.5) is 0 Å². The zero-order valence-corrected chi connectivity index (χ0v) is 5.76. The first-order valence-electron chi connectivity index (χ1n) is 3.03. The van der Waals surface area contributed by atoms with E-state index in [-0.39, 0.29) is 0 Å². The van der Waals surface area contributed by atoms with Gasteiger partial charge in [-0.1, -0.05) is 6.08 Å². The number of H-pyrrole nitrogens is 2. The normalized spacial score (nSPS) is 9.45. The van der Waals surface area contributed by atoms with Gasteiger partial charge in [0.2, 0.25) is 0 Å². The Balaban J connectivity index is 3.15. The minimum Gasteiger partial charge on any atom is -0.304 e. The van der Waals surface area contributed by atoms with E-state index in [2.05, 4.69) is 21.8 Å². The summed E-state index contributed by atoms with van der Waals surface area (Å²) in [6, 6.07) is 0. The molecule has 0 aliphatic heterocycles. The molecule has 0 unspecified atom stereocenters. The maximum Gasteiger partial charge on any atom is 0.329 e. The Kier molecular flexibility index (Phi) is 2.00. The van der Waals surface area contributed by atoms with E-state index in [0.717, 1.165) is 0 Å². The average molecular weight is 153 g/mol. The van der Waals surface area contributed by atoms with Crippen molar-refractivity contribution >= 4 is 0 Å². The number of nitrogens with one attached hydrogen (secondary N) is 2. The molecule has 0 radical (unpaired) electrons. The predicted octanol–water partition coefficient (Wildman–Crippen LogP) is -0.813. The molecule has 0 atom stereocenters. The highest BCUT2D eigenvalue weighted by Crippen LogP contribution is 1.81. The van der Waals surface area contributed by atoms with Crippen LogP contribution in [0.1, 0.15) is 5.82 Å². The first kappa shape index (κ1) is 7.46. The minimum absolute atomic E-state index is 0.407. The minimum atomic E-state index is -0.738. The lowest BCUT2D eigenvalue weighted by molar-refractivity contribution is 0.827. The van der Waals surface area contributed by atoms with Crippen LogP contribution in [0.3, 0.4) is 0 Å². The van der Waals surface area contributed by atoms with Gasteiger partial charge in [-0.15, -0.1) is 6.58 Å². The summed E-state index contributed by atoms with van der Waals surface area (Å²) in [5.74, 6) is 0.407. The van der Waals surface area contributed by atoms with Crippen molar-refractivity contribution in [3.63, 3.8) is 0 Å². The van der Waals surface area contributed by atoms with Crippen molar-refractivity contribution in [3.8, 4) is 0 Å². The van der Waals surface area contributed by atoms with E-state index in [1.54, 1.807) is 6.08 Å². The topological polar surface area (TPSA) is 78.6 Å². The van der Waals surface area contributed by atoms with Crippen LogP contribution < -0.4 is 11.1 Å². The van der Waals surface area contributed by atoms with Gasteiger partial charge in [-0.05, 0) is 0 Å². The fourth-order valence-electron chi connectivity index (χ4n) is 0.618. The van der Waals surface area contributed by atoms with Crippen LogP contribution in [0, 0.1) is 0 Å². The quantitative estimate of drug-likeness (QED) is 0.430. The summed E-state index contributed by atoms with van der Waals surface area (Å²) >= 11 is 0. The van der Waals surface area contributed by atoms with Crippen LogP contribution >= 0.6 is 0 Å². The maximum absolute atomic E-state index is 10.6. The second-order valence-corrected chi connectivity index (χ2v) is 1.95. The molecule has 1 aromatic heterocycles. The van der Waals surface area contributed by atoms with E-state index >= 15 is 0 Å². The van der Waals surface area contributed by atoms with Crippen molar-refractivity contribution in [2.45, 2.75) is 6.42 Å².